The number of rotatable bonds is 8. The van der Waals surface area contributed by atoms with Gasteiger partial charge in [0.15, 0.2) is 0 Å². The minimum absolute atomic E-state index is 0.113. The second-order valence-electron chi connectivity index (χ2n) is 6.49. The third-order valence-corrected chi connectivity index (χ3v) is 5.51. The van der Waals surface area contributed by atoms with E-state index in [-0.39, 0.29) is 11.4 Å². The number of hydrogen-bond acceptors (Lipinski definition) is 5. The highest BCUT2D eigenvalue weighted by atomic mass is 32.2. The summed E-state index contributed by atoms with van der Waals surface area (Å²) in [6, 6.07) is 12.4. The second kappa shape index (κ2) is 8.83. The van der Waals surface area contributed by atoms with E-state index in [2.05, 4.69) is 5.32 Å². The molecule has 0 aliphatic heterocycles. The van der Waals surface area contributed by atoms with Gasteiger partial charge < -0.3 is 5.32 Å². The largest absolute Gasteiger partial charge is 0.354 e. The minimum Gasteiger partial charge on any atom is -0.354 e. The number of hydrogen-bond donors (Lipinski definition) is 1. The van der Waals surface area contributed by atoms with Crippen LogP contribution in [0.5, 0.6) is 0 Å². The smallest absolute Gasteiger partial charge is 0.271 e. The molecule has 2 aromatic carbocycles. The molecule has 0 fully saturated rings. The Morgan fingerprint density at radius 3 is 2.43 bits per heavy atom. The molecule has 0 aliphatic rings. The maximum atomic E-state index is 12.6. The topological polar surface area (TPSA) is 110 Å². The van der Waals surface area contributed by atoms with Crippen LogP contribution in [0.2, 0.25) is 0 Å². The van der Waals surface area contributed by atoms with Crippen molar-refractivity contribution in [1.29, 1.82) is 0 Å². The first-order valence-electron chi connectivity index (χ1n) is 8.67. The number of aryl methyl sites for hydroxylation is 1. The number of carbonyl (C=O) groups excluding carboxylic acids is 1. The predicted octanol–water partition coefficient (Wildman–Crippen LogP) is 2.42. The Bertz CT molecular complexity index is 961. The van der Waals surface area contributed by atoms with Crippen molar-refractivity contribution in [2.75, 3.05) is 17.1 Å². The molecule has 28 heavy (non-hydrogen) atoms. The Morgan fingerprint density at radius 1 is 1.21 bits per heavy atom. The first kappa shape index (κ1) is 21.4. The molecular formula is C19H23N3O5S. The quantitative estimate of drug-likeness (QED) is 0.536. The zero-order valence-electron chi connectivity index (χ0n) is 16.0. The lowest BCUT2D eigenvalue weighted by atomic mass is 10.1. The SMILES string of the molecule is Cc1ccc([N+](=O)[O-])cc1N(C(C)C(=O)NCCc1ccccc1)S(C)(=O)=O. The lowest BCUT2D eigenvalue weighted by Gasteiger charge is -2.29. The Morgan fingerprint density at radius 2 is 1.86 bits per heavy atom. The van der Waals surface area contributed by atoms with Crippen molar-refractivity contribution in [3.8, 4) is 0 Å². The summed E-state index contributed by atoms with van der Waals surface area (Å²) in [5.41, 5.74) is 1.43. The van der Waals surface area contributed by atoms with Crippen LogP contribution in [-0.4, -0.2) is 38.1 Å². The maximum Gasteiger partial charge on any atom is 0.271 e. The molecule has 150 valence electrons. The van der Waals surface area contributed by atoms with Gasteiger partial charge in [0.1, 0.15) is 6.04 Å². The number of anilines is 1. The zero-order chi connectivity index (χ0) is 20.9. The summed E-state index contributed by atoms with van der Waals surface area (Å²) in [4.78, 5) is 23.0. The number of carbonyl (C=O) groups is 1. The molecule has 0 radical (unpaired) electrons. The first-order valence-corrected chi connectivity index (χ1v) is 10.5. The summed E-state index contributed by atoms with van der Waals surface area (Å²) in [6.07, 6.45) is 1.58. The van der Waals surface area contributed by atoms with Gasteiger partial charge in [0, 0.05) is 18.7 Å². The third kappa shape index (κ3) is 5.29. The van der Waals surface area contributed by atoms with Gasteiger partial charge in [-0.05, 0) is 31.4 Å². The summed E-state index contributed by atoms with van der Waals surface area (Å²) < 4.78 is 25.7. The molecule has 8 nitrogen and oxygen atoms in total. The number of nitro benzene ring substituents is 1. The van der Waals surface area contributed by atoms with Crippen LogP contribution in [0.4, 0.5) is 11.4 Å². The van der Waals surface area contributed by atoms with Gasteiger partial charge in [0.25, 0.3) is 5.69 Å². The van der Waals surface area contributed by atoms with E-state index in [1.165, 1.54) is 25.1 Å². The predicted molar refractivity (Wildman–Crippen MR) is 108 cm³/mol. The highest BCUT2D eigenvalue weighted by Gasteiger charge is 2.31. The van der Waals surface area contributed by atoms with Crippen molar-refractivity contribution < 1.29 is 18.1 Å². The molecule has 0 heterocycles. The van der Waals surface area contributed by atoms with Crippen molar-refractivity contribution in [3.05, 3.63) is 69.8 Å². The highest BCUT2D eigenvalue weighted by molar-refractivity contribution is 7.92. The number of nitrogens with zero attached hydrogens (tertiary/aromatic N) is 2. The molecule has 0 aromatic heterocycles. The van der Waals surface area contributed by atoms with Crippen molar-refractivity contribution in [3.63, 3.8) is 0 Å². The summed E-state index contributed by atoms with van der Waals surface area (Å²) in [5, 5.41) is 13.8. The van der Waals surface area contributed by atoms with E-state index in [0.717, 1.165) is 16.1 Å². The van der Waals surface area contributed by atoms with Crippen molar-refractivity contribution >= 4 is 27.3 Å². The van der Waals surface area contributed by atoms with Crippen LogP contribution in [0.25, 0.3) is 0 Å². The Labute approximate surface area is 164 Å². The minimum atomic E-state index is -3.85. The number of benzene rings is 2. The molecule has 0 bridgehead atoms. The molecule has 2 aromatic rings. The van der Waals surface area contributed by atoms with E-state index in [1.807, 2.05) is 30.3 Å². The normalized spacial score (nSPS) is 12.2. The van der Waals surface area contributed by atoms with E-state index in [0.29, 0.717) is 18.5 Å². The Kier molecular flexibility index (Phi) is 6.74. The first-order chi connectivity index (χ1) is 13.1. The lowest BCUT2D eigenvalue weighted by molar-refractivity contribution is -0.384. The van der Waals surface area contributed by atoms with Gasteiger partial charge >= 0.3 is 0 Å². The van der Waals surface area contributed by atoms with Crippen LogP contribution in [-0.2, 0) is 21.2 Å². The molecule has 0 saturated carbocycles. The van der Waals surface area contributed by atoms with Crippen LogP contribution < -0.4 is 9.62 Å². The highest BCUT2D eigenvalue weighted by Crippen LogP contribution is 2.29. The van der Waals surface area contributed by atoms with Gasteiger partial charge in [-0.1, -0.05) is 36.4 Å². The van der Waals surface area contributed by atoms with Crippen LogP contribution in [0.15, 0.2) is 48.5 Å². The molecule has 9 heteroatoms. The Hall–Kier alpha value is -2.94. The van der Waals surface area contributed by atoms with E-state index in [4.69, 9.17) is 0 Å². The number of non-ortho nitro benzene ring substituents is 1. The second-order valence-corrected chi connectivity index (χ2v) is 8.35. The molecule has 1 N–H and O–H groups in total. The van der Waals surface area contributed by atoms with E-state index < -0.39 is 26.9 Å². The monoisotopic (exact) mass is 405 g/mol. The number of sulfonamides is 1. The zero-order valence-corrected chi connectivity index (χ0v) is 16.8. The van der Waals surface area contributed by atoms with Gasteiger partial charge in [-0.25, -0.2) is 8.42 Å². The van der Waals surface area contributed by atoms with Crippen molar-refractivity contribution in [2.45, 2.75) is 26.3 Å². The summed E-state index contributed by atoms with van der Waals surface area (Å²) in [6.45, 7) is 3.44. The molecule has 0 aliphatic carbocycles. The van der Waals surface area contributed by atoms with Crippen molar-refractivity contribution in [1.82, 2.24) is 5.32 Å². The van der Waals surface area contributed by atoms with E-state index >= 15 is 0 Å². The third-order valence-electron chi connectivity index (χ3n) is 4.29. The average Bonchev–Trinajstić information content (AvgIpc) is 2.62. The lowest BCUT2D eigenvalue weighted by Crippen LogP contribution is -2.48. The molecule has 1 unspecified atom stereocenters. The summed E-state index contributed by atoms with van der Waals surface area (Å²) in [7, 11) is -3.85. The molecule has 1 amide bonds. The van der Waals surface area contributed by atoms with Crippen LogP contribution in [0.3, 0.4) is 0 Å². The van der Waals surface area contributed by atoms with Gasteiger partial charge in [0.2, 0.25) is 15.9 Å². The number of nitrogens with one attached hydrogen (secondary N) is 1. The molecule has 0 saturated heterocycles. The molecule has 2 rings (SSSR count). The number of amides is 1. The van der Waals surface area contributed by atoms with Gasteiger partial charge in [0.05, 0.1) is 16.9 Å². The molecular weight excluding hydrogens is 382 g/mol. The fourth-order valence-electron chi connectivity index (χ4n) is 2.85. The summed E-state index contributed by atoms with van der Waals surface area (Å²) >= 11 is 0. The average molecular weight is 405 g/mol. The van der Waals surface area contributed by atoms with Crippen LogP contribution >= 0.6 is 0 Å². The standard InChI is InChI=1S/C19H23N3O5S/c1-14-9-10-17(22(24)25)13-18(14)21(28(3,26)27)15(2)19(23)20-12-11-16-7-5-4-6-8-16/h4-10,13,15H,11-12H2,1-3H3,(H,20,23). The fraction of sp³-hybridized carbons (Fsp3) is 0.316. The van der Waals surface area contributed by atoms with Crippen molar-refractivity contribution in [2.24, 2.45) is 0 Å². The Balaban J connectivity index is 2.22. The van der Waals surface area contributed by atoms with Crippen LogP contribution in [0.1, 0.15) is 18.1 Å². The van der Waals surface area contributed by atoms with Crippen LogP contribution in [0, 0.1) is 17.0 Å². The number of nitro groups is 1. The van der Waals surface area contributed by atoms with Gasteiger partial charge in [-0.2, -0.15) is 0 Å². The summed E-state index contributed by atoms with van der Waals surface area (Å²) in [5.74, 6) is -0.479. The molecule has 0 spiro atoms. The maximum absolute atomic E-state index is 12.6. The van der Waals surface area contributed by atoms with Gasteiger partial charge in [-0.15, -0.1) is 0 Å². The van der Waals surface area contributed by atoms with E-state index in [9.17, 15) is 23.3 Å². The van der Waals surface area contributed by atoms with Gasteiger partial charge in [-0.3, -0.25) is 19.2 Å². The fourth-order valence-corrected chi connectivity index (χ4v) is 4.08. The van der Waals surface area contributed by atoms with E-state index in [1.54, 1.807) is 6.92 Å². The molecule has 1 atom stereocenters.